The topological polar surface area (TPSA) is 86.7 Å². The predicted octanol–water partition coefficient (Wildman–Crippen LogP) is 4.51. The van der Waals surface area contributed by atoms with E-state index in [2.05, 4.69) is 15.0 Å². The van der Waals surface area contributed by atoms with Crippen molar-refractivity contribution in [2.24, 2.45) is 0 Å². The van der Waals surface area contributed by atoms with Crippen LogP contribution >= 0.6 is 0 Å². The number of hydrogen-bond acceptors (Lipinski definition) is 7. The highest BCUT2D eigenvalue weighted by molar-refractivity contribution is 5.69. The van der Waals surface area contributed by atoms with Gasteiger partial charge in [0.2, 0.25) is 11.8 Å². The molecular formula is C23H30N4O4. The molecule has 2 saturated heterocycles. The van der Waals surface area contributed by atoms with Crippen molar-refractivity contribution in [1.29, 1.82) is 0 Å². The van der Waals surface area contributed by atoms with Crippen LogP contribution in [0.5, 0.6) is 17.5 Å². The van der Waals surface area contributed by atoms with Gasteiger partial charge in [0.15, 0.2) is 5.75 Å². The SMILES string of the molecule is Cc1ccc(Oc2ncnc(O[C@H]3CC4CC[C@@H](C3)N4C(=O)OC(C)C)c2C)c(C)n1. The van der Waals surface area contributed by atoms with Crippen LogP contribution in [-0.4, -0.2) is 50.2 Å². The van der Waals surface area contributed by atoms with Gasteiger partial charge in [0.05, 0.1) is 17.4 Å². The third kappa shape index (κ3) is 4.57. The Bertz CT molecular complexity index is 951. The number of ether oxygens (including phenoxy) is 3. The monoisotopic (exact) mass is 426 g/mol. The van der Waals surface area contributed by atoms with Crippen LogP contribution in [0.1, 0.15) is 56.5 Å². The van der Waals surface area contributed by atoms with E-state index in [0.717, 1.165) is 42.6 Å². The number of rotatable bonds is 5. The van der Waals surface area contributed by atoms with Crippen LogP contribution in [0.2, 0.25) is 0 Å². The number of fused-ring (bicyclic) bond motifs is 2. The highest BCUT2D eigenvalue weighted by Gasteiger charge is 2.45. The third-order valence-electron chi connectivity index (χ3n) is 5.89. The lowest BCUT2D eigenvalue weighted by atomic mass is 10.0. The Morgan fingerprint density at radius 2 is 1.74 bits per heavy atom. The first-order valence-electron chi connectivity index (χ1n) is 10.9. The summed E-state index contributed by atoms with van der Waals surface area (Å²) in [5, 5.41) is 0. The van der Waals surface area contributed by atoms with E-state index in [-0.39, 0.29) is 30.4 Å². The minimum absolute atomic E-state index is 0.00942. The number of amides is 1. The van der Waals surface area contributed by atoms with Crippen molar-refractivity contribution in [3.63, 3.8) is 0 Å². The molecule has 1 amide bonds. The van der Waals surface area contributed by atoms with Gasteiger partial charge in [-0.15, -0.1) is 0 Å². The molecule has 0 saturated carbocycles. The Hall–Kier alpha value is -2.90. The van der Waals surface area contributed by atoms with E-state index < -0.39 is 0 Å². The Balaban J connectivity index is 1.45. The zero-order valence-electron chi connectivity index (χ0n) is 18.8. The maximum atomic E-state index is 12.5. The molecule has 0 spiro atoms. The van der Waals surface area contributed by atoms with Crippen LogP contribution < -0.4 is 9.47 Å². The fraction of sp³-hybridized carbons (Fsp3) is 0.565. The first-order chi connectivity index (χ1) is 14.8. The standard InChI is InChI=1S/C23H30N4O4/c1-13(2)29-23(28)27-17-7-8-18(27)11-19(10-17)30-21-15(4)22(25-12-24-21)31-20-9-6-14(3)26-16(20)5/h6,9,12-13,17-19H,7-8,10-11H2,1-5H3/t17-,18?,19+/m0/s1. The molecular weight excluding hydrogens is 396 g/mol. The lowest BCUT2D eigenvalue weighted by molar-refractivity contribution is 0.0206. The molecule has 166 valence electrons. The van der Waals surface area contributed by atoms with E-state index in [9.17, 15) is 4.79 Å². The van der Waals surface area contributed by atoms with Gasteiger partial charge in [-0.25, -0.2) is 14.8 Å². The van der Waals surface area contributed by atoms with Crippen LogP contribution in [0.15, 0.2) is 18.5 Å². The van der Waals surface area contributed by atoms with Crippen LogP contribution in [-0.2, 0) is 4.74 Å². The van der Waals surface area contributed by atoms with Crippen LogP contribution in [0.25, 0.3) is 0 Å². The minimum Gasteiger partial charge on any atom is -0.474 e. The summed E-state index contributed by atoms with van der Waals surface area (Å²) in [6.07, 6.45) is 4.62. The zero-order chi connectivity index (χ0) is 22.1. The summed E-state index contributed by atoms with van der Waals surface area (Å²) >= 11 is 0. The average molecular weight is 427 g/mol. The molecule has 8 nitrogen and oxygen atoms in total. The largest absolute Gasteiger partial charge is 0.474 e. The van der Waals surface area contributed by atoms with E-state index in [1.54, 1.807) is 0 Å². The average Bonchev–Trinajstić information content (AvgIpc) is 2.97. The van der Waals surface area contributed by atoms with E-state index >= 15 is 0 Å². The third-order valence-corrected chi connectivity index (χ3v) is 5.89. The van der Waals surface area contributed by atoms with Crippen molar-refractivity contribution >= 4 is 6.09 Å². The molecule has 2 aliphatic heterocycles. The number of piperidine rings is 1. The Morgan fingerprint density at radius 1 is 1.06 bits per heavy atom. The smallest absolute Gasteiger partial charge is 0.410 e. The molecule has 0 aliphatic carbocycles. The second kappa shape index (κ2) is 8.69. The Morgan fingerprint density at radius 3 is 2.39 bits per heavy atom. The highest BCUT2D eigenvalue weighted by atomic mass is 16.6. The Kier molecular flexibility index (Phi) is 5.98. The number of aromatic nitrogens is 3. The molecule has 0 radical (unpaired) electrons. The van der Waals surface area contributed by atoms with Crippen molar-refractivity contribution in [1.82, 2.24) is 19.9 Å². The molecule has 31 heavy (non-hydrogen) atoms. The molecule has 3 atom stereocenters. The maximum absolute atomic E-state index is 12.5. The number of carbonyl (C=O) groups is 1. The molecule has 0 N–H and O–H groups in total. The fourth-order valence-electron chi connectivity index (χ4n) is 4.47. The highest BCUT2D eigenvalue weighted by Crippen LogP contribution is 2.38. The van der Waals surface area contributed by atoms with Crippen molar-refractivity contribution in [2.45, 2.75) is 84.6 Å². The van der Waals surface area contributed by atoms with Crippen LogP contribution in [0.3, 0.4) is 0 Å². The Labute approximate surface area is 183 Å². The first-order valence-corrected chi connectivity index (χ1v) is 10.9. The summed E-state index contributed by atoms with van der Waals surface area (Å²) in [4.78, 5) is 27.4. The van der Waals surface area contributed by atoms with Gasteiger partial charge < -0.3 is 19.1 Å². The number of pyridine rings is 1. The van der Waals surface area contributed by atoms with Gasteiger partial charge in [-0.2, -0.15) is 0 Å². The van der Waals surface area contributed by atoms with Gasteiger partial charge in [-0.1, -0.05) is 0 Å². The minimum atomic E-state index is -0.211. The zero-order valence-corrected chi connectivity index (χ0v) is 18.8. The van der Waals surface area contributed by atoms with Crippen molar-refractivity contribution < 1.29 is 19.0 Å². The van der Waals surface area contributed by atoms with Crippen molar-refractivity contribution in [3.05, 3.63) is 35.4 Å². The second-order valence-electron chi connectivity index (χ2n) is 8.68. The molecule has 1 unspecified atom stereocenters. The number of carbonyl (C=O) groups excluding carboxylic acids is 1. The number of nitrogens with zero attached hydrogens (tertiary/aromatic N) is 4. The maximum Gasteiger partial charge on any atom is 0.410 e. The van der Waals surface area contributed by atoms with Gasteiger partial charge in [0, 0.05) is 30.6 Å². The van der Waals surface area contributed by atoms with Crippen molar-refractivity contribution in [2.75, 3.05) is 0 Å². The van der Waals surface area contributed by atoms with Gasteiger partial charge in [-0.05, 0) is 59.6 Å². The van der Waals surface area contributed by atoms with Crippen LogP contribution in [0.4, 0.5) is 4.79 Å². The lowest BCUT2D eigenvalue weighted by Gasteiger charge is -2.38. The molecule has 2 fully saturated rings. The second-order valence-corrected chi connectivity index (χ2v) is 8.68. The predicted molar refractivity (Wildman–Crippen MR) is 114 cm³/mol. The molecule has 2 aromatic rings. The number of aryl methyl sites for hydroxylation is 2. The number of hydrogen-bond donors (Lipinski definition) is 0. The van der Waals surface area contributed by atoms with Gasteiger partial charge >= 0.3 is 6.09 Å². The van der Waals surface area contributed by atoms with Crippen molar-refractivity contribution in [3.8, 4) is 17.5 Å². The van der Waals surface area contributed by atoms with E-state index in [0.29, 0.717) is 17.5 Å². The summed E-state index contributed by atoms with van der Waals surface area (Å²) in [5.41, 5.74) is 2.49. The summed E-state index contributed by atoms with van der Waals surface area (Å²) in [5.74, 6) is 1.64. The fourth-order valence-corrected chi connectivity index (χ4v) is 4.47. The van der Waals surface area contributed by atoms with Gasteiger partial charge in [0.1, 0.15) is 12.4 Å². The molecule has 8 heteroatoms. The molecule has 4 rings (SSSR count). The summed E-state index contributed by atoms with van der Waals surface area (Å²) in [6, 6.07) is 4.09. The molecule has 2 aliphatic rings. The molecule has 0 aromatic carbocycles. The lowest BCUT2D eigenvalue weighted by Crippen LogP contribution is -2.50. The summed E-state index contributed by atoms with van der Waals surface area (Å²) in [6.45, 7) is 9.50. The normalized spacial score (nSPS) is 22.5. The summed E-state index contributed by atoms with van der Waals surface area (Å²) in [7, 11) is 0. The van der Waals surface area contributed by atoms with E-state index in [1.165, 1.54) is 6.33 Å². The molecule has 2 bridgehead atoms. The van der Waals surface area contributed by atoms with Gasteiger partial charge in [-0.3, -0.25) is 4.98 Å². The van der Waals surface area contributed by atoms with E-state index in [1.807, 2.05) is 51.7 Å². The summed E-state index contributed by atoms with van der Waals surface area (Å²) < 4.78 is 17.7. The van der Waals surface area contributed by atoms with E-state index in [4.69, 9.17) is 14.2 Å². The quantitative estimate of drug-likeness (QED) is 0.695. The first kappa shape index (κ1) is 21.3. The molecule has 4 heterocycles. The van der Waals surface area contributed by atoms with Gasteiger partial charge in [0.25, 0.3) is 0 Å². The molecule has 2 aromatic heterocycles. The van der Waals surface area contributed by atoms with Crippen LogP contribution in [0, 0.1) is 20.8 Å².